The molecule has 3 heterocycles. The average Bonchev–Trinajstić information content (AvgIpc) is 3.23. The van der Waals surface area contributed by atoms with Gasteiger partial charge in [-0.2, -0.15) is 4.40 Å². The standard InChI is InChI=1S/C14H6Br2F2N2S3/c15-7-3-1-5(21-7)9-11(17)12(18)10(6-2-4-8(16)22-6)14-13(9)19-23-20-14/h1-4,9,20H. The van der Waals surface area contributed by atoms with Crippen molar-refractivity contribution in [1.82, 2.24) is 4.72 Å². The first-order chi connectivity index (χ1) is 11.1. The van der Waals surface area contributed by atoms with E-state index < -0.39 is 17.6 Å². The summed E-state index contributed by atoms with van der Waals surface area (Å²) >= 11 is 10.6. The second-order valence-electron chi connectivity index (χ2n) is 4.76. The quantitative estimate of drug-likeness (QED) is 0.474. The lowest BCUT2D eigenvalue weighted by Gasteiger charge is -2.22. The van der Waals surface area contributed by atoms with Gasteiger partial charge in [-0.15, -0.1) is 22.7 Å². The van der Waals surface area contributed by atoms with E-state index in [0.29, 0.717) is 16.3 Å². The molecule has 0 saturated carbocycles. The molecule has 2 aromatic rings. The van der Waals surface area contributed by atoms with E-state index in [1.165, 1.54) is 22.7 Å². The predicted octanol–water partition coefficient (Wildman–Crippen LogP) is 6.60. The van der Waals surface area contributed by atoms with Gasteiger partial charge < -0.3 is 4.72 Å². The molecule has 0 radical (unpaired) electrons. The molecule has 0 bridgehead atoms. The molecule has 0 amide bonds. The second-order valence-corrected chi connectivity index (χ2v) is 10.3. The molecule has 1 N–H and O–H groups in total. The van der Waals surface area contributed by atoms with Gasteiger partial charge in [0.2, 0.25) is 0 Å². The maximum absolute atomic E-state index is 14.9. The summed E-state index contributed by atoms with van der Waals surface area (Å²) in [6.07, 6.45) is 0. The normalized spacial score (nSPS) is 20.7. The molecule has 2 aliphatic rings. The van der Waals surface area contributed by atoms with Gasteiger partial charge in [-0.05, 0) is 56.1 Å². The molecule has 9 heteroatoms. The van der Waals surface area contributed by atoms with Gasteiger partial charge in [0, 0.05) is 9.75 Å². The summed E-state index contributed by atoms with van der Waals surface area (Å²) in [7, 11) is 0. The number of rotatable bonds is 2. The molecule has 0 aromatic carbocycles. The van der Waals surface area contributed by atoms with Crippen LogP contribution < -0.4 is 4.72 Å². The Morgan fingerprint density at radius 1 is 1.04 bits per heavy atom. The van der Waals surface area contributed by atoms with E-state index in [1.807, 2.05) is 12.1 Å². The average molecular weight is 496 g/mol. The van der Waals surface area contributed by atoms with E-state index in [9.17, 15) is 8.78 Å². The van der Waals surface area contributed by atoms with Crippen LogP contribution >= 0.6 is 66.7 Å². The van der Waals surface area contributed by atoms with E-state index in [0.717, 1.165) is 24.6 Å². The number of hydrogen-bond acceptors (Lipinski definition) is 5. The van der Waals surface area contributed by atoms with Crippen molar-refractivity contribution in [3.05, 3.63) is 58.9 Å². The highest BCUT2D eigenvalue weighted by atomic mass is 79.9. The van der Waals surface area contributed by atoms with Crippen LogP contribution in [0.3, 0.4) is 0 Å². The predicted molar refractivity (Wildman–Crippen MR) is 101 cm³/mol. The van der Waals surface area contributed by atoms with E-state index in [-0.39, 0.29) is 5.57 Å². The zero-order valence-corrected chi connectivity index (χ0v) is 16.7. The molecular formula is C14H6Br2F2N2S3. The first kappa shape index (κ1) is 16.0. The third-order valence-electron chi connectivity index (χ3n) is 3.45. The Bertz CT molecular complexity index is 895. The number of fused-ring (bicyclic) bond motifs is 1. The minimum atomic E-state index is -0.821. The van der Waals surface area contributed by atoms with Crippen molar-refractivity contribution in [3.63, 3.8) is 0 Å². The number of nitrogens with zero attached hydrogens (tertiary/aromatic N) is 1. The highest BCUT2D eigenvalue weighted by Gasteiger charge is 2.40. The monoisotopic (exact) mass is 494 g/mol. The van der Waals surface area contributed by atoms with Crippen LogP contribution in [-0.2, 0) is 0 Å². The van der Waals surface area contributed by atoms with Gasteiger partial charge in [0.1, 0.15) is 0 Å². The number of nitrogens with one attached hydrogen (secondary N) is 1. The SMILES string of the molecule is FC1=C(F)C(c2ccc(Br)s2)C2=NSNC2=C1c1ccc(Br)s1. The molecule has 2 nitrogen and oxygen atoms in total. The van der Waals surface area contributed by atoms with Gasteiger partial charge in [-0.25, -0.2) is 8.78 Å². The maximum atomic E-state index is 14.9. The molecule has 1 unspecified atom stereocenters. The van der Waals surface area contributed by atoms with Gasteiger partial charge in [0.05, 0.1) is 42.6 Å². The van der Waals surface area contributed by atoms with Gasteiger partial charge in [0.15, 0.2) is 11.7 Å². The van der Waals surface area contributed by atoms with Crippen molar-refractivity contribution in [3.8, 4) is 0 Å². The number of allylic oxidation sites excluding steroid dienone is 4. The summed E-state index contributed by atoms with van der Waals surface area (Å²) < 4.78 is 38.7. The fraction of sp³-hybridized carbons (Fsp3) is 0.0714. The fourth-order valence-electron chi connectivity index (χ4n) is 2.49. The highest BCUT2D eigenvalue weighted by molar-refractivity contribution is 9.11. The molecule has 118 valence electrons. The molecule has 1 aliphatic heterocycles. The van der Waals surface area contributed by atoms with Crippen LogP contribution in [0.4, 0.5) is 8.78 Å². The molecule has 2 aromatic heterocycles. The largest absolute Gasteiger partial charge is 0.308 e. The molecule has 1 atom stereocenters. The molecule has 4 rings (SSSR count). The molecule has 0 fully saturated rings. The van der Waals surface area contributed by atoms with Crippen molar-refractivity contribution >= 4 is 78.0 Å². The van der Waals surface area contributed by atoms with Crippen LogP contribution in [0.5, 0.6) is 0 Å². The van der Waals surface area contributed by atoms with E-state index >= 15 is 0 Å². The van der Waals surface area contributed by atoms with Crippen LogP contribution in [-0.4, -0.2) is 5.71 Å². The lowest BCUT2D eigenvalue weighted by Crippen LogP contribution is -2.23. The Kier molecular flexibility index (Phi) is 4.25. The summed E-state index contributed by atoms with van der Waals surface area (Å²) in [5.74, 6) is -2.40. The highest BCUT2D eigenvalue weighted by Crippen LogP contribution is 2.49. The Balaban J connectivity index is 1.90. The molecular weight excluding hydrogens is 490 g/mol. The first-order valence-electron chi connectivity index (χ1n) is 6.37. The third-order valence-corrected chi connectivity index (χ3v) is 7.37. The second kappa shape index (κ2) is 6.11. The lowest BCUT2D eigenvalue weighted by molar-refractivity contribution is 0.527. The molecule has 1 aliphatic carbocycles. The van der Waals surface area contributed by atoms with Gasteiger partial charge in [-0.3, -0.25) is 0 Å². The molecule has 23 heavy (non-hydrogen) atoms. The smallest absolute Gasteiger partial charge is 0.166 e. The maximum Gasteiger partial charge on any atom is 0.166 e. The Labute approximate surface area is 159 Å². The Morgan fingerprint density at radius 3 is 2.43 bits per heavy atom. The Hall–Kier alpha value is -0.480. The number of thiophene rings is 2. The Morgan fingerprint density at radius 2 is 1.78 bits per heavy atom. The minimum absolute atomic E-state index is 0.244. The van der Waals surface area contributed by atoms with Crippen LogP contribution in [0.15, 0.2) is 53.6 Å². The summed E-state index contributed by atoms with van der Waals surface area (Å²) in [6.45, 7) is 0. The first-order valence-corrected chi connectivity index (χ1v) is 10.4. The zero-order valence-electron chi connectivity index (χ0n) is 11.1. The van der Waals surface area contributed by atoms with E-state index in [1.54, 1.807) is 12.1 Å². The van der Waals surface area contributed by atoms with Crippen LogP contribution in [0.2, 0.25) is 0 Å². The zero-order chi connectivity index (χ0) is 16.1. The van der Waals surface area contributed by atoms with Gasteiger partial charge in [0.25, 0.3) is 0 Å². The van der Waals surface area contributed by atoms with Gasteiger partial charge >= 0.3 is 0 Å². The van der Waals surface area contributed by atoms with E-state index in [4.69, 9.17) is 0 Å². The van der Waals surface area contributed by atoms with Crippen LogP contribution in [0, 0.1) is 0 Å². The minimum Gasteiger partial charge on any atom is -0.308 e. The number of halogens is 4. The molecule has 0 saturated heterocycles. The number of hydrogen-bond donors (Lipinski definition) is 1. The topological polar surface area (TPSA) is 24.4 Å². The van der Waals surface area contributed by atoms with Crippen molar-refractivity contribution in [2.45, 2.75) is 5.92 Å². The van der Waals surface area contributed by atoms with Crippen molar-refractivity contribution in [2.75, 3.05) is 0 Å². The van der Waals surface area contributed by atoms with Crippen molar-refractivity contribution < 1.29 is 8.78 Å². The van der Waals surface area contributed by atoms with Gasteiger partial charge in [-0.1, -0.05) is 0 Å². The molecule has 0 spiro atoms. The summed E-state index contributed by atoms with van der Waals surface area (Å²) in [6, 6.07) is 7.22. The summed E-state index contributed by atoms with van der Waals surface area (Å²) in [5.41, 5.74) is 1.33. The van der Waals surface area contributed by atoms with E-state index in [2.05, 4.69) is 41.0 Å². The van der Waals surface area contributed by atoms with Crippen LogP contribution in [0.1, 0.15) is 15.7 Å². The van der Waals surface area contributed by atoms with Crippen molar-refractivity contribution in [1.29, 1.82) is 0 Å². The third kappa shape index (κ3) is 2.66. The summed E-state index contributed by atoms with van der Waals surface area (Å²) in [4.78, 5) is 1.38. The van der Waals surface area contributed by atoms with Crippen LogP contribution in [0.25, 0.3) is 5.57 Å². The fourth-order valence-corrected chi connectivity index (χ4v) is 6.08. The summed E-state index contributed by atoms with van der Waals surface area (Å²) in [5, 5.41) is 0. The lowest BCUT2D eigenvalue weighted by atomic mass is 9.88. The van der Waals surface area contributed by atoms with Crippen molar-refractivity contribution in [2.24, 2.45) is 4.40 Å².